The minimum absolute atomic E-state index is 0.0329. The van der Waals surface area contributed by atoms with Crippen molar-refractivity contribution in [1.82, 2.24) is 9.62 Å². The number of benzene rings is 1. The zero-order valence-corrected chi connectivity index (χ0v) is 20.9. The Morgan fingerprint density at radius 1 is 1.18 bits per heavy atom. The van der Waals surface area contributed by atoms with Crippen LogP contribution in [0.15, 0.2) is 29.2 Å². The normalized spacial score (nSPS) is 13.6. The van der Waals surface area contributed by atoms with Crippen molar-refractivity contribution in [2.75, 3.05) is 46.2 Å². The number of methoxy groups -OCH3 is 1. The largest absolute Gasteiger partial charge is 0.385 e. The van der Waals surface area contributed by atoms with Crippen LogP contribution in [0.25, 0.3) is 0 Å². The molecule has 8 nitrogen and oxygen atoms in total. The molecule has 180 valence electrons. The number of carbonyl (C=O) groups is 2. The molecule has 0 bridgehead atoms. The van der Waals surface area contributed by atoms with E-state index in [2.05, 4.69) is 10.6 Å². The molecule has 0 unspecified atom stereocenters. The number of nitrogens with one attached hydrogen (secondary N) is 2. The van der Waals surface area contributed by atoms with Crippen LogP contribution >= 0.6 is 11.3 Å². The maximum absolute atomic E-state index is 13.0. The molecule has 0 saturated heterocycles. The molecule has 1 heterocycles. The van der Waals surface area contributed by atoms with E-state index in [1.165, 1.54) is 42.4 Å². The Morgan fingerprint density at radius 3 is 2.67 bits per heavy atom. The maximum Gasteiger partial charge on any atom is 0.254 e. The van der Waals surface area contributed by atoms with Gasteiger partial charge in [0.25, 0.3) is 5.91 Å². The fourth-order valence-electron chi connectivity index (χ4n) is 3.74. The predicted octanol–water partition coefficient (Wildman–Crippen LogP) is 2.94. The van der Waals surface area contributed by atoms with E-state index in [1.807, 2.05) is 0 Å². The van der Waals surface area contributed by atoms with Gasteiger partial charge in [0.1, 0.15) is 5.00 Å². The first-order chi connectivity index (χ1) is 15.8. The van der Waals surface area contributed by atoms with Crippen LogP contribution in [-0.2, 0) is 27.6 Å². The van der Waals surface area contributed by atoms with Crippen LogP contribution in [0.2, 0.25) is 0 Å². The van der Waals surface area contributed by atoms with E-state index in [9.17, 15) is 18.0 Å². The van der Waals surface area contributed by atoms with E-state index < -0.39 is 10.0 Å². The van der Waals surface area contributed by atoms with Gasteiger partial charge in [-0.1, -0.05) is 12.1 Å². The number of Topliss-reactive ketones (excluding diaryl/α,β-unsaturated/α-hetero) is 1. The summed E-state index contributed by atoms with van der Waals surface area (Å²) in [6, 6.07) is 6.02. The molecule has 0 aliphatic heterocycles. The molecule has 33 heavy (non-hydrogen) atoms. The first-order valence-corrected chi connectivity index (χ1v) is 13.2. The second-order valence-electron chi connectivity index (χ2n) is 8.11. The van der Waals surface area contributed by atoms with Crippen molar-refractivity contribution in [2.45, 2.75) is 37.0 Å². The average Bonchev–Trinajstić information content (AvgIpc) is 3.18. The van der Waals surface area contributed by atoms with Crippen LogP contribution in [0.1, 0.15) is 50.4 Å². The summed E-state index contributed by atoms with van der Waals surface area (Å²) < 4.78 is 30.9. The minimum Gasteiger partial charge on any atom is -0.385 e. The molecule has 1 aromatic heterocycles. The number of hydrogen-bond acceptors (Lipinski definition) is 7. The number of amides is 1. The smallest absolute Gasteiger partial charge is 0.254 e. The molecular formula is C23H31N3O5S2. The van der Waals surface area contributed by atoms with E-state index >= 15 is 0 Å². The molecule has 1 aliphatic rings. The highest BCUT2D eigenvalue weighted by Crippen LogP contribution is 2.38. The molecular weight excluding hydrogens is 462 g/mol. The molecule has 1 amide bonds. The van der Waals surface area contributed by atoms with Gasteiger partial charge in [-0.2, -0.15) is 0 Å². The number of ketones is 1. The van der Waals surface area contributed by atoms with Crippen LogP contribution in [0.4, 0.5) is 5.00 Å². The van der Waals surface area contributed by atoms with E-state index in [-0.39, 0.29) is 23.1 Å². The lowest BCUT2D eigenvalue weighted by molar-refractivity contribution is 0.0946. The summed E-state index contributed by atoms with van der Waals surface area (Å²) in [5.41, 5.74) is 2.01. The number of aryl methyl sites for hydroxylation is 1. The fraction of sp³-hybridized carbons (Fsp3) is 0.478. The molecule has 2 N–H and O–H groups in total. The van der Waals surface area contributed by atoms with Gasteiger partial charge >= 0.3 is 0 Å². The molecule has 0 saturated carbocycles. The van der Waals surface area contributed by atoms with Gasteiger partial charge in [0, 0.05) is 44.8 Å². The highest BCUT2D eigenvalue weighted by Gasteiger charge is 2.26. The summed E-state index contributed by atoms with van der Waals surface area (Å²) in [7, 11) is 0.895. The number of anilines is 1. The van der Waals surface area contributed by atoms with Crippen LogP contribution in [0.5, 0.6) is 0 Å². The molecule has 3 rings (SSSR count). The summed E-state index contributed by atoms with van der Waals surface area (Å²) in [5.74, 6) is -0.386. The Labute approximate surface area is 199 Å². The van der Waals surface area contributed by atoms with Crippen molar-refractivity contribution in [3.8, 4) is 0 Å². The number of nitrogens with zero attached hydrogens (tertiary/aromatic N) is 1. The van der Waals surface area contributed by atoms with Gasteiger partial charge < -0.3 is 15.4 Å². The average molecular weight is 494 g/mol. The van der Waals surface area contributed by atoms with Gasteiger partial charge in [0.05, 0.1) is 17.0 Å². The topological polar surface area (TPSA) is 105 Å². The maximum atomic E-state index is 13.0. The Morgan fingerprint density at radius 2 is 1.94 bits per heavy atom. The number of sulfonamides is 1. The SMILES string of the molecule is COCCCNC(=O)c1c(NCC(=O)c2cccc(S(=O)(=O)N(C)C)c2)sc2c1CCCC2. The number of fused-ring (bicyclic) bond motifs is 1. The highest BCUT2D eigenvalue weighted by atomic mass is 32.2. The highest BCUT2D eigenvalue weighted by molar-refractivity contribution is 7.89. The molecule has 2 aromatic rings. The van der Waals surface area contributed by atoms with Crippen LogP contribution < -0.4 is 10.6 Å². The number of rotatable bonds is 11. The molecule has 0 fully saturated rings. The monoisotopic (exact) mass is 493 g/mol. The lowest BCUT2D eigenvalue weighted by atomic mass is 9.95. The minimum atomic E-state index is -3.63. The van der Waals surface area contributed by atoms with Gasteiger partial charge in [-0.3, -0.25) is 9.59 Å². The number of hydrogen-bond donors (Lipinski definition) is 2. The third kappa shape index (κ3) is 6.00. The number of carbonyl (C=O) groups excluding carboxylic acids is 2. The van der Waals surface area contributed by atoms with Gasteiger partial charge in [-0.15, -0.1) is 11.3 Å². The Bertz CT molecular complexity index is 1110. The molecule has 0 atom stereocenters. The van der Waals surface area contributed by atoms with E-state index in [4.69, 9.17) is 4.74 Å². The summed E-state index contributed by atoms with van der Waals surface area (Å²) in [5, 5.41) is 6.80. The van der Waals surface area contributed by atoms with Gasteiger partial charge in [0.15, 0.2) is 5.78 Å². The molecule has 1 aromatic carbocycles. The summed E-state index contributed by atoms with van der Waals surface area (Å²) in [6.07, 6.45) is 4.64. The van der Waals surface area contributed by atoms with E-state index in [0.717, 1.165) is 42.0 Å². The van der Waals surface area contributed by atoms with Gasteiger partial charge in [-0.05, 0) is 49.8 Å². The third-order valence-electron chi connectivity index (χ3n) is 5.55. The first-order valence-electron chi connectivity index (χ1n) is 11.0. The number of ether oxygens (including phenoxy) is 1. The predicted molar refractivity (Wildman–Crippen MR) is 130 cm³/mol. The Balaban J connectivity index is 1.77. The zero-order valence-electron chi connectivity index (χ0n) is 19.3. The molecule has 0 radical (unpaired) electrons. The van der Waals surface area contributed by atoms with Crippen molar-refractivity contribution in [3.63, 3.8) is 0 Å². The van der Waals surface area contributed by atoms with Crippen molar-refractivity contribution in [3.05, 3.63) is 45.8 Å². The quantitative estimate of drug-likeness (QED) is 0.368. The van der Waals surface area contributed by atoms with Crippen molar-refractivity contribution in [2.24, 2.45) is 0 Å². The van der Waals surface area contributed by atoms with E-state index in [1.54, 1.807) is 19.2 Å². The van der Waals surface area contributed by atoms with Crippen molar-refractivity contribution >= 4 is 38.1 Å². The molecule has 0 spiro atoms. The molecule has 10 heteroatoms. The lowest BCUT2D eigenvalue weighted by Crippen LogP contribution is -2.27. The third-order valence-corrected chi connectivity index (χ3v) is 8.61. The van der Waals surface area contributed by atoms with Crippen LogP contribution in [0.3, 0.4) is 0 Å². The lowest BCUT2D eigenvalue weighted by Gasteiger charge is -2.14. The second kappa shape index (κ2) is 11.2. The summed E-state index contributed by atoms with van der Waals surface area (Å²) in [6.45, 7) is 1.06. The van der Waals surface area contributed by atoms with Crippen LogP contribution in [-0.4, -0.2) is 65.3 Å². The first kappa shape index (κ1) is 25.4. The molecule has 1 aliphatic carbocycles. The van der Waals surface area contributed by atoms with Gasteiger partial charge in [-0.25, -0.2) is 12.7 Å². The second-order valence-corrected chi connectivity index (χ2v) is 11.4. The standard InChI is InChI=1S/C23H31N3O5S2/c1-26(2)33(29,30)17-9-6-8-16(14-17)19(27)15-25-23-21(22(28)24-12-7-13-31-3)18-10-4-5-11-20(18)32-23/h6,8-9,14,25H,4-5,7,10-13,15H2,1-3H3,(H,24,28). The summed E-state index contributed by atoms with van der Waals surface area (Å²) in [4.78, 5) is 27.1. The summed E-state index contributed by atoms with van der Waals surface area (Å²) >= 11 is 1.53. The van der Waals surface area contributed by atoms with Gasteiger partial charge in [0.2, 0.25) is 10.0 Å². The van der Waals surface area contributed by atoms with Crippen molar-refractivity contribution < 1.29 is 22.7 Å². The number of thiophene rings is 1. The Hall–Kier alpha value is -2.27. The van der Waals surface area contributed by atoms with E-state index in [0.29, 0.717) is 29.3 Å². The fourth-order valence-corrected chi connectivity index (χ4v) is 5.97. The van der Waals surface area contributed by atoms with Crippen LogP contribution in [0, 0.1) is 0 Å². The van der Waals surface area contributed by atoms with Crippen molar-refractivity contribution in [1.29, 1.82) is 0 Å². The Kier molecular flexibility index (Phi) is 8.63. The zero-order chi connectivity index (χ0) is 24.0.